The van der Waals surface area contributed by atoms with Crippen LogP contribution in [0.25, 0.3) is 22.3 Å². The van der Waals surface area contributed by atoms with Crippen molar-refractivity contribution in [3.63, 3.8) is 0 Å². The first kappa shape index (κ1) is 30.0. The van der Waals surface area contributed by atoms with E-state index < -0.39 is 0 Å². The van der Waals surface area contributed by atoms with Gasteiger partial charge in [-0.25, -0.2) is 0 Å². The average Bonchev–Trinajstić information content (AvgIpc) is 3.73. The molecule has 6 rings (SSSR count). The summed E-state index contributed by atoms with van der Waals surface area (Å²) in [7, 11) is 0. The van der Waals surface area contributed by atoms with Crippen molar-refractivity contribution in [3.05, 3.63) is 143 Å². The molecule has 2 nitrogen and oxygen atoms in total. The van der Waals surface area contributed by atoms with E-state index in [9.17, 15) is 5.11 Å². The summed E-state index contributed by atoms with van der Waals surface area (Å²) in [5.74, 6) is 0.333. The largest absolute Gasteiger partial charge is 0.507 e. The van der Waals surface area contributed by atoms with E-state index in [1.165, 1.54) is 12.8 Å². The molecular formula is C32H32NdO2. The maximum atomic E-state index is 10.5. The predicted molar refractivity (Wildman–Crippen MR) is 142 cm³/mol. The Morgan fingerprint density at radius 3 is 1.09 bits per heavy atom. The summed E-state index contributed by atoms with van der Waals surface area (Å²) in [6.45, 7) is 2.00. The molecule has 1 aliphatic heterocycles. The molecule has 3 fully saturated rings. The molecular weight excluding hydrogens is 561 g/mol. The van der Waals surface area contributed by atoms with Crippen LogP contribution in [-0.2, 0) is 4.74 Å². The van der Waals surface area contributed by atoms with E-state index >= 15 is 0 Å². The molecule has 1 saturated heterocycles. The van der Waals surface area contributed by atoms with Crippen molar-refractivity contribution in [1.29, 1.82) is 0 Å². The number of ether oxygens (including phenoxy) is 1. The van der Waals surface area contributed by atoms with Gasteiger partial charge in [0.1, 0.15) is 5.75 Å². The Morgan fingerprint density at radius 1 is 0.457 bits per heavy atom. The number of para-hydroxylation sites is 1. The van der Waals surface area contributed by atoms with E-state index in [0.29, 0.717) is 5.75 Å². The van der Waals surface area contributed by atoms with Crippen molar-refractivity contribution < 1.29 is 50.7 Å². The molecule has 1 N–H and O–H groups in total. The van der Waals surface area contributed by atoms with Crippen LogP contribution in [0.4, 0.5) is 0 Å². The zero-order valence-electron chi connectivity index (χ0n) is 20.0. The van der Waals surface area contributed by atoms with Gasteiger partial charge in [-0.1, -0.05) is 78.9 Å². The molecule has 176 valence electrons. The number of aromatic hydroxyl groups is 1. The van der Waals surface area contributed by atoms with Crippen molar-refractivity contribution in [2.24, 2.45) is 0 Å². The molecule has 1 heterocycles. The van der Waals surface area contributed by atoms with Gasteiger partial charge in [0.15, 0.2) is 0 Å². The fourth-order valence-corrected chi connectivity index (χ4v) is 3.40. The molecule has 0 bridgehead atoms. The monoisotopic (exact) mass is 590 g/mol. The smallest absolute Gasteiger partial charge is 0.131 e. The van der Waals surface area contributed by atoms with E-state index in [-0.39, 0.29) is 40.8 Å². The standard InChI is InChI=1S/C18H14O.2C5H5.C4H8O.Nd/c19-18-16(14-8-3-1-4-9-14)12-7-13-17(18)15-10-5-2-6-11-15;3*1-2-4-5-3-1;/h1-13,19H;2*1-5H;1-4H2;. The molecule has 2 saturated carbocycles. The summed E-state index contributed by atoms with van der Waals surface area (Å²) >= 11 is 0. The number of benzene rings is 3. The molecule has 0 aromatic heterocycles. The Kier molecular flexibility index (Phi) is 16.2. The molecule has 35 heavy (non-hydrogen) atoms. The van der Waals surface area contributed by atoms with Crippen molar-refractivity contribution in [1.82, 2.24) is 0 Å². The zero-order chi connectivity index (χ0) is 23.7. The maximum Gasteiger partial charge on any atom is 0.131 e. The first-order valence-electron chi connectivity index (χ1n) is 11.7. The minimum atomic E-state index is 0. The van der Waals surface area contributed by atoms with Crippen molar-refractivity contribution in [3.8, 4) is 28.0 Å². The van der Waals surface area contributed by atoms with Crippen LogP contribution < -0.4 is 0 Å². The van der Waals surface area contributed by atoms with Crippen LogP contribution in [0.1, 0.15) is 12.8 Å². The third-order valence-electron chi connectivity index (χ3n) is 5.14. The summed E-state index contributed by atoms with van der Waals surface area (Å²) in [5.41, 5.74) is 3.78. The summed E-state index contributed by atoms with van der Waals surface area (Å²) in [6, 6.07) is 25.7. The molecule has 3 aromatic rings. The Hall–Kier alpha value is -1.23. The fourth-order valence-electron chi connectivity index (χ4n) is 3.40. The second-order valence-electron chi connectivity index (χ2n) is 7.68. The van der Waals surface area contributed by atoms with Gasteiger partial charge in [0, 0.05) is 65.2 Å². The fraction of sp³-hybridized carbons (Fsp3) is 0.125. The van der Waals surface area contributed by atoms with Crippen molar-refractivity contribution >= 4 is 0 Å². The second kappa shape index (κ2) is 19.0. The Balaban J connectivity index is 0.000000217. The first-order chi connectivity index (χ1) is 16.9. The first-order valence-corrected chi connectivity index (χ1v) is 11.7. The topological polar surface area (TPSA) is 29.5 Å². The Labute approximate surface area is 246 Å². The summed E-state index contributed by atoms with van der Waals surface area (Å²) in [4.78, 5) is 0. The molecule has 3 heteroatoms. The second-order valence-corrected chi connectivity index (χ2v) is 7.68. The van der Waals surface area contributed by atoms with Gasteiger partial charge < -0.3 is 9.84 Å². The average molecular weight is 593 g/mol. The molecule has 10 radical (unpaired) electrons. The van der Waals surface area contributed by atoms with E-state index in [0.717, 1.165) is 35.5 Å². The SMILES string of the molecule is C1CCOC1.Oc1c(-c2ccccc2)cccc1-c1ccccc1.[CH]1[CH][CH][CH][CH]1.[CH]1[CH][CH][CH][CH]1.[Nd]. The zero-order valence-corrected chi connectivity index (χ0v) is 23.2. The molecule has 0 unspecified atom stereocenters. The summed E-state index contributed by atoms with van der Waals surface area (Å²) < 4.78 is 4.94. The van der Waals surface area contributed by atoms with Gasteiger partial charge in [0.2, 0.25) is 0 Å². The third-order valence-corrected chi connectivity index (χ3v) is 5.14. The minimum Gasteiger partial charge on any atom is -0.507 e. The van der Waals surface area contributed by atoms with Crippen molar-refractivity contribution in [2.75, 3.05) is 13.2 Å². The van der Waals surface area contributed by atoms with Gasteiger partial charge >= 0.3 is 0 Å². The van der Waals surface area contributed by atoms with Crippen LogP contribution >= 0.6 is 0 Å². The molecule has 0 atom stereocenters. The van der Waals surface area contributed by atoms with Gasteiger partial charge in [-0.05, 0) is 88.2 Å². The van der Waals surface area contributed by atoms with E-state index in [4.69, 9.17) is 4.74 Å². The summed E-state index contributed by atoms with van der Waals surface area (Å²) in [5, 5.41) is 10.5. The Morgan fingerprint density at radius 2 is 0.800 bits per heavy atom. The number of hydrogen-bond acceptors (Lipinski definition) is 2. The number of phenolic OH excluding ortho intramolecular Hbond substituents is 1. The van der Waals surface area contributed by atoms with E-state index in [2.05, 4.69) is 0 Å². The van der Waals surface area contributed by atoms with Crippen LogP contribution in [-0.4, -0.2) is 18.3 Å². The van der Waals surface area contributed by atoms with Crippen LogP contribution in [0, 0.1) is 105 Å². The summed E-state index contributed by atoms with van der Waals surface area (Å²) in [6.07, 6.45) is 22.6. The van der Waals surface area contributed by atoms with Gasteiger partial charge in [0.05, 0.1) is 0 Å². The van der Waals surface area contributed by atoms with Crippen molar-refractivity contribution in [2.45, 2.75) is 12.8 Å². The molecule has 3 aromatic carbocycles. The molecule has 3 aliphatic rings. The molecule has 0 spiro atoms. The Bertz CT molecular complexity index is 795. The third kappa shape index (κ3) is 11.6. The van der Waals surface area contributed by atoms with E-state index in [1.807, 2.05) is 143 Å². The van der Waals surface area contributed by atoms with E-state index in [1.54, 1.807) is 0 Å². The van der Waals surface area contributed by atoms with Crippen LogP contribution in [0.2, 0.25) is 0 Å². The minimum absolute atomic E-state index is 0. The van der Waals surface area contributed by atoms with Gasteiger partial charge in [-0.3, -0.25) is 0 Å². The van der Waals surface area contributed by atoms with Gasteiger partial charge in [-0.15, -0.1) is 0 Å². The molecule has 0 amide bonds. The van der Waals surface area contributed by atoms with Crippen LogP contribution in [0.5, 0.6) is 5.75 Å². The molecule has 2 aliphatic carbocycles. The number of rotatable bonds is 2. The van der Waals surface area contributed by atoms with Gasteiger partial charge in [0.25, 0.3) is 0 Å². The predicted octanol–water partition coefficient (Wildman–Crippen LogP) is 7.57. The maximum absolute atomic E-state index is 10.5. The normalized spacial score (nSPS) is 15.9. The number of hydrogen-bond donors (Lipinski definition) is 1. The van der Waals surface area contributed by atoms with Crippen LogP contribution in [0.15, 0.2) is 78.9 Å². The van der Waals surface area contributed by atoms with Gasteiger partial charge in [-0.2, -0.15) is 0 Å². The quantitative estimate of drug-likeness (QED) is 0.333. The van der Waals surface area contributed by atoms with Crippen LogP contribution in [0.3, 0.4) is 0 Å². The number of phenols is 1.